The van der Waals surface area contributed by atoms with Crippen LogP contribution in [-0.4, -0.2) is 42.1 Å². The van der Waals surface area contributed by atoms with E-state index in [2.05, 4.69) is 12.6 Å². The SMILES string of the molecule is [2H]C1(S)O[C@H](COC(=O)c2ccccc2)[C@@H](OC(=O)c2ccccc2)[C@]1(OC(=O)c1ccc(C)cc1)c1ccccc1. The van der Waals surface area contributed by atoms with E-state index in [0.717, 1.165) is 5.56 Å². The molecule has 41 heavy (non-hydrogen) atoms. The van der Waals surface area contributed by atoms with Crippen LogP contribution in [0.15, 0.2) is 115 Å². The summed E-state index contributed by atoms with van der Waals surface area (Å²) in [7, 11) is 0. The summed E-state index contributed by atoms with van der Waals surface area (Å²) in [6, 6.07) is 31.7. The zero-order chi connectivity index (χ0) is 29.7. The van der Waals surface area contributed by atoms with Crippen molar-refractivity contribution < 1.29 is 34.7 Å². The van der Waals surface area contributed by atoms with E-state index < -0.39 is 47.7 Å². The van der Waals surface area contributed by atoms with Gasteiger partial charge in [-0.2, -0.15) is 0 Å². The Labute approximate surface area is 244 Å². The molecule has 0 aromatic heterocycles. The highest BCUT2D eigenvalue weighted by Crippen LogP contribution is 2.47. The first-order valence-electron chi connectivity index (χ1n) is 13.5. The summed E-state index contributed by atoms with van der Waals surface area (Å²) in [6.45, 7) is 1.46. The fourth-order valence-corrected chi connectivity index (χ4v) is 5.00. The lowest BCUT2D eigenvalue weighted by Crippen LogP contribution is -2.50. The van der Waals surface area contributed by atoms with E-state index in [0.29, 0.717) is 11.1 Å². The van der Waals surface area contributed by atoms with Crippen LogP contribution in [0.25, 0.3) is 0 Å². The predicted molar refractivity (Wildman–Crippen MR) is 155 cm³/mol. The Morgan fingerprint density at radius 3 is 1.85 bits per heavy atom. The minimum atomic E-state index is -2.28. The van der Waals surface area contributed by atoms with Crippen LogP contribution in [0.3, 0.4) is 0 Å². The molecule has 4 aromatic rings. The van der Waals surface area contributed by atoms with Gasteiger partial charge in [0.05, 0.1) is 18.1 Å². The fourth-order valence-electron chi connectivity index (χ4n) is 4.56. The third-order valence-electron chi connectivity index (χ3n) is 6.69. The normalized spacial score (nSPS) is 23.7. The molecule has 4 aromatic carbocycles. The van der Waals surface area contributed by atoms with Gasteiger partial charge in [0.1, 0.15) is 18.1 Å². The average Bonchev–Trinajstić information content (AvgIpc) is 3.22. The van der Waals surface area contributed by atoms with Gasteiger partial charge >= 0.3 is 17.9 Å². The van der Waals surface area contributed by atoms with Gasteiger partial charge in [-0.05, 0) is 43.3 Å². The molecule has 1 unspecified atom stereocenters. The largest absolute Gasteiger partial charge is 0.459 e. The van der Waals surface area contributed by atoms with Gasteiger partial charge in [0.2, 0.25) is 5.60 Å². The smallest absolute Gasteiger partial charge is 0.339 e. The molecule has 1 aliphatic rings. The maximum atomic E-state index is 13.6. The minimum Gasteiger partial charge on any atom is -0.459 e. The second kappa shape index (κ2) is 12.4. The first-order valence-corrected chi connectivity index (χ1v) is 13.4. The second-order valence-corrected chi connectivity index (χ2v) is 9.88. The molecule has 0 amide bonds. The molecule has 0 spiro atoms. The quantitative estimate of drug-likeness (QED) is 0.163. The van der Waals surface area contributed by atoms with Gasteiger partial charge in [-0.1, -0.05) is 84.4 Å². The first-order chi connectivity index (χ1) is 20.2. The van der Waals surface area contributed by atoms with Crippen LogP contribution in [0, 0.1) is 6.92 Å². The first kappa shape index (κ1) is 26.8. The Kier molecular flexibility index (Phi) is 8.11. The summed E-state index contributed by atoms with van der Waals surface area (Å²) in [6.07, 6.45) is -2.67. The summed E-state index contributed by atoms with van der Waals surface area (Å²) >= 11 is 4.52. The molecule has 0 N–H and O–H groups in total. The molecule has 0 aliphatic carbocycles. The molecule has 208 valence electrons. The van der Waals surface area contributed by atoms with Gasteiger partial charge in [0.25, 0.3) is 0 Å². The number of hydrogen-bond acceptors (Lipinski definition) is 8. The summed E-state index contributed by atoms with van der Waals surface area (Å²) < 4.78 is 32.9. The molecule has 0 saturated carbocycles. The van der Waals surface area contributed by atoms with Crippen molar-refractivity contribution in [2.75, 3.05) is 6.61 Å². The monoisotopic (exact) mass is 569 g/mol. The van der Waals surface area contributed by atoms with E-state index in [4.69, 9.17) is 18.9 Å². The van der Waals surface area contributed by atoms with Gasteiger partial charge in [0.15, 0.2) is 6.10 Å². The maximum absolute atomic E-state index is 13.6. The van der Waals surface area contributed by atoms with Crippen molar-refractivity contribution in [3.63, 3.8) is 0 Å². The molecule has 4 atom stereocenters. The second-order valence-electron chi connectivity index (χ2n) is 9.48. The van der Waals surface area contributed by atoms with Gasteiger partial charge in [0, 0.05) is 5.56 Å². The number of esters is 3. The number of hydrogen-bond donors (Lipinski definition) is 1. The van der Waals surface area contributed by atoms with Crippen molar-refractivity contribution in [2.24, 2.45) is 0 Å². The molecular formula is C33H28O7S. The number of aryl methyl sites for hydroxylation is 1. The Morgan fingerprint density at radius 2 is 1.27 bits per heavy atom. The Hall–Kier alpha value is -4.40. The predicted octanol–water partition coefficient (Wildman–Crippen LogP) is 5.78. The third kappa shape index (κ3) is 6.04. The van der Waals surface area contributed by atoms with Crippen molar-refractivity contribution in [2.45, 2.75) is 30.1 Å². The van der Waals surface area contributed by atoms with Crippen LogP contribution < -0.4 is 0 Å². The van der Waals surface area contributed by atoms with Crippen LogP contribution in [0.2, 0.25) is 0 Å². The maximum Gasteiger partial charge on any atom is 0.339 e. The molecular weight excluding hydrogens is 540 g/mol. The Morgan fingerprint density at radius 1 is 0.756 bits per heavy atom. The zero-order valence-corrected chi connectivity index (χ0v) is 23.0. The highest BCUT2D eigenvalue weighted by molar-refractivity contribution is 7.80. The lowest BCUT2D eigenvalue weighted by molar-refractivity contribution is -0.0907. The Balaban J connectivity index is 1.57. The van der Waals surface area contributed by atoms with Crippen LogP contribution in [0.1, 0.15) is 43.6 Å². The molecule has 1 saturated heterocycles. The van der Waals surface area contributed by atoms with Crippen LogP contribution in [0.5, 0.6) is 0 Å². The van der Waals surface area contributed by atoms with Gasteiger partial charge < -0.3 is 18.9 Å². The highest BCUT2D eigenvalue weighted by atomic mass is 32.1. The van der Waals surface area contributed by atoms with Crippen molar-refractivity contribution in [1.29, 1.82) is 0 Å². The van der Waals surface area contributed by atoms with Crippen molar-refractivity contribution in [3.05, 3.63) is 143 Å². The minimum absolute atomic E-state index is 0.215. The van der Waals surface area contributed by atoms with E-state index >= 15 is 0 Å². The molecule has 8 heteroatoms. The summed E-state index contributed by atoms with van der Waals surface area (Å²) in [4.78, 5) is 39.8. The number of carbonyl (C=O) groups excluding carboxylic acids is 3. The van der Waals surface area contributed by atoms with Gasteiger partial charge in [-0.3, -0.25) is 0 Å². The standard InChI is InChI=1S/C33H28O7S/c1-22-17-19-25(20-18-22)31(36)40-33(26-15-9-4-10-16-26)28(39-30(35)24-13-7-3-8-14-24)27(38-32(33)41)21-37-29(34)23-11-5-2-6-12-23/h2-20,27-28,32,41H,21H2,1H3/t27-,28-,32?,33-/m1/s1/i32D. The van der Waals surface area contributed by atoms with Crippen LogP contribution in [0.4, 0.5) is 0 Å². The van der Waals surface area contributed by atoms with E-state index in [9.17, 15) is 15.8 Å². The van der Waals surface area contributed by atoms with Gasteiger partial charge in [-0.15, -0.1) is 12.6 Å². The molecule has 1 aliphatic heterocycles. The van der Waals surface area contributed by atoms with Crippen LogP contribution in [-0.2, 0) is 24.5 Å². The fraction of sp³-hybridized carbons (Fsp3) is 0.182. The number of thiol groups is 1. The lowest BCUT2D eigenvalue weighted by atomic mass is 9.87. The number of ether oxygens (including phenoxy) is 4. The topological polar surface area (TPSA) is 88.1 Å². The highest BCUT2D eigenvalue weighted by Gasteiger charge is 2.62. The molecule has 1 fully saturated rings. The van der Waals surface area contributed by atoms with Crippen molar-refractivity contribution in [3.8, 4) is 0 Å². The summed E-state index contributed by atoms with van der Waals surface area (Å²) in [5.41, 5.74) is -2.37. The van der Waals surface area contributed by atoms with E-state index in [1.807, 2.05) is 6.92 Å². The summed E-state index contributed by atoms with van der Waals surface area (Å²) in [5, 5.41) is 0. The third-order valence-corrected chi connectivity index (χ3v) is 7.13. The van der Waals surface area contributed by atoms with E-state index in [1.165, 1.54) is 0 Å². The lowest BCUT2D eigenvalue weighted by Gasteiger charge is -2.36. The number of rotatable bonds is 8. The van der Waals surface area contributed by atoms with Crippen molar-refractivity contribution in [1.82, 2.24) is 0 Å². The van der Waals surface area contributed by atoms with Gasteiger partial charge in [-0.25, -0.2) is 14.4 Å². The molecule has 7 nitrogen and oxygen atoms in total. The molecule has 1 heterocycles. The Bertz CT molecular complexity index is 1550. The molecule has 0 radical (unpaired) electrons. The number of carbonyl (C=O) groups is 3. The zero-order valence-electron chi connectivity index (χ0n) is 23.1. The molecule has 0 bridgehead atoms. The molecule has 5 rings (SSSR count). The van der Waals surface area contributed by atoms with Crippen molar-refractivity contribution >= 4 is 30.5 Å². The number of benzene rings is 4. The van der Waals surface area contributed by atoms with Crippen LogP contribution >= 0.6 is 12.6 Å². The van der Waals surface area contributed by atoms with E-state index in [-0.39, 0.29) is 11.1 Å². The van der Waals surface area contributed by atoms with E-state index in [1.54, 1.807) is 115 Å². The summed E-state index contributed by atoms with van der Waals surface area (Å²) in [5.74, 6) is -2.17. The average molecular weight is 570 g/mol.